The first-order valence-electron chi connectivity index (χ1n) is 17.2. The molecule has 0 N–H and O–H groups in total. The first-order chi connectivity index (χ1) is 25.7. The van der Waals surface area contributed by atoms with E-state index in [1.54, 1.807) is 0 Å². The van der Waals surface area contributed by atoms with Crippen LogP contribution in [0.4, 0.5) is 0 Å². The summed E-state index contributed by atoms with van der Waals surface area (Å²) in [6.07, 6.45) is 1.83. The van der Waals surface area contributed by atoms with Crippen molar-refractivity contribution in [2.24, 2.45) is 0 Å². The minimum absolute atomic E-state index is 0.595. The first kappa shape index (κ1) is 28.6. The van der Waals surface area contributed by atoms with E-state index in [-0.39, 0.29) is 0 Å². The van der Waals surface area contributed by atoms with Gasteiger partial charge in [-0.05, 0) is 52.2 Å². The molecule has 0 unspecified atom stereocenters. The number of furan rings is 2. The fourth-order valence-electron chi connectivity index (χ4n) is 7.54. The zero-order valence-corrected chi connectivity index (χ0v) is 27.6. The summed E-state index contributed by atoms with van der Waals surface area (Å²) in [6.45, 7) is 0. The topological polar surface area (TPSA) is 77.8 Å². The predicted octanol–water partition coefficient (Wildman–Crippen LogP) is 12.0. The summed E-state index contributed by atoms with van der Waals surface area (Å²) in [5.41, 5.74) is 9.17. The molecule has 6 heteroatoms. The molecule has 0 radical (unpaired) electrons. The third kappa shape index (κ3) is 4.44. The van der Waals surface area contributed by atoms with Crippen LogP contribution in [0.5, 0.6) is 0 Å². The lowest BCUT2D eigenvalue weighted by molar-refractivity contribution is 0.667. The van der Waals surface area contributed by atoms with Crippen molar-refractivity contribution < 1.29 is 8.83 Å². The number of para-hydroxylation sites is 2. The molecular weight excluding hydrogens is 641 g/mol. The van der Waals surface area contributed by atoms with Crippen molar-refractivity contribution in [1.29, 1.82) is 0 Å². The Hall–Kier alpha value is -7.18. The lowest BCUT2D eigenvalue weighted by Gasteiger charge is -2.12. The number of pyridine rings is 1. The van der Waals surface area contributed by atoms with Gasteiger partial charge in [-0.25, -0.2) is 15.0 Å². The molecule has 0 aliphatic carbocycles. The summed E-state index contributed by atoms with van der Waals surface area (Å²) in [4.78, 5) is 20.1. The van der Waals surface area contributed by atoms with Crippen molar-refractivity contribution >= 4 is 65.6 Å². The maximum Gasteiger partial charge on any atom is 0.164 e. The number of hydrogen-bond acceptors (Lipinski definition) is 6. The minimum atomic E-state index is 0.595. The van der Waals surface area contributed by atoms with Gasteiger partial charge in [0.2, 0.25) is 0 Å². The fraction of sp³-hybridized carbons (Fsp3) is 0. The van der Waals surface area contributed by atoms with Gasteiger partial charge in [0.05, 0.1) is 11.7 Å². The smallest absolute Gasteiger partial charge is 0.164 e. The summed E-state index contributed by atoms with van der Waals surface area (Å²) >= 11 is 0. The van der Waals surface area contributed by atoms with Gasteiger partial charge < -0.3 is 8.83 Å². The molecule has 52 heavy (non-hydrogen) atoms. The van der Waals surface area contributed by atoms with E-state index < -0.39 is 0 Å². The standard InChI is InChI=1S/C46H26N4O2/c1-2-10-27(11-3-1)44-48-45(50-46(49-44)36-16-9-19-40-43(36)35-14-5-6-17-38(35)51-40)32-15-8-12-30-24-28(20-22-31(30)32)29-21-23-33-37(25-29)47-26-41-42(33)34-13-4-7-18-39(34)52-41/h1-26H. The Balaban J connectivity index is 1.06. The van der Waals surface area contributed by atoms with Crippen LogP contribution in [0, 0.1) is 0 Å². The van der Waals surface area contributed by atoms with Gasteiger partial charge >= 0.3 is 0 Å². The van der Waals surface area contributed by atoms with Crippen LogP contribution in [-0.4, -0.2) is 19.9 Å². The van der Waals surface area contributed by atoms with E-state index >= 15 is 0 Å². The summed E-state index contributed by atoms with van der Waals surface area (Å²) in [5.74, 6) is 1.82. The molecular formula is C46H26N4O2. The molecule has 0 aliphatic rings. The molecule has 0 saturated heterocycles. The Kier molecular flexibility index (Phi) is 6.15. The third-order valence-electron chi connectivity index (χ3n) is 9.98. The lowest BCUT2D eigenvalue weighted by Crippen LogP contribution is -2.00. The SMILES string of the molecule is c1ccc(-c2nc(-c3cccc4cc(-c5ccc6c(c5)ncc5oc7ccccc7c56)ccc34)nc(-c3cccc4oc5ccccc5c34)n2)cc1. The molecule has 7 aromatic carbocycles. The van der Waals surface area contributed by atoms with Crippen LogP contribution in [0.3, 0.4) is 0 Å². The summed E-state index contributed by atoms with van der Waals surface area (Å²) in [5, 5.41) is 7.43. The van der Waals surface area contributed by atoms with Crippen LogP contribution >= 0.6 is 0 Å². The van der Waals surface area contributed by atoms with Crippen molar-refractivity contribution in [2.45, 2.75) is 0 Å². The van der Waals surface area contributed by atoms with E-state index in [0.717, 1.165) is 93.4 Å². The van der Waals surface area contributed by atoms with E-state index in [9.17, 15) is 0 Å². The van der Waals surface area contributed by atoms with Crippen LogP contribution in [-0.2, 0) is 0 Å². The molecule has 6 nitrogen and oxygen atoms in total. The average Bonchev–Trinajstić information content (AvgIpc) is 3.79. The number of hydrogen-bond donors (Lipinski definition) is 0. The number of fused-ring (bicyclic) bond motifs is 9. The number of nitrogens with zero attached hydrogens (tertiary/aromatic N) is 4. The van der Waals surface area contributed by atoms with Gasteiger partial charge in [-0.1, -0.05) is 121 Å². The Morgan fingerprint density at radius 1 is 0.365 bits per heavy atom. The maximum absolute atomic E-state index is 6.23. The second-order valence-corrected chi connectivity index (χ2v) is 13.0. The third-order valence-corrected chi connectivity index (χ3v) is 9.98. The van der Waals surface area contributed by atoms with E-state index in [1.165, 1.54) is 0 Å². The van der Waals surface area contributed by atoms with E-state index in [1.807, 2.05) is 85.1 Å². The molecule has 11 rings (SSSR count). The molecule has 0 aliphatic heterocycles. The molecule has 0 atom stereocenters. The number of rotatable bonds is 4. The largest absolute Gasteiger partial charge is 0.456 e. The van der Waals surface area contributed by atoms with Crippen LogP contribution in [0.15, 0.2) is 167 Å². The Morgan fingerprint density at radius 3 is 1.81 bits per heavy atom. The second kappa shape index (κ2) is 11.2. The van der Waals surface area contributed by atoms with Gasteiger partial charge in [0.15, 0.2) is 23.1 Å². The monoisotopic (exact) mass is 666 g/mol. The van der Waals surface area contributed by atoms with Crippen molar-refractivity contribution in [1.82, 2.24) is 19.9 Å². The Bertz CT molecular complexity index is 3200. The van der Waals surface area contributed by atoms with Crippen molar-refractivity contribution in [3.05, 3.63) is 158 Å². The van der Waals surface area contributed by atoms with Gasteiger partial charge in [-0.3, -0.25) is 4.98 Å². The quantitative estimate of drug-likeness (QED) is 0.186. The predicted molar refractivity (Wildman–Crippen MR) is 209 cm³/mol. The van der Waals surface area contributed by atoms with Gasteiger partial charge in [0, 0.05) is 43.6 Å². The number of benzene rings is 7. The highest BCUT2D eigenvalue weighted by molar-refractivity contribution is 6.18. The zero-order valence-electron chi connectivity index (χ0n) is 27.6. The highest BCUT2D eigenvalue weighted by Gasteiger charge is 2.19. The molecule has 0 saturated carbocycles. The highest BCUT2D eigenvalue weighted by Crippen LogP contribution is 2.39. The second-order valence-electron chi connectivity index (χ2n) is 13.0. The summed E-state index contributed by atoms with van der Waals surface area (Å²) < 4.78 is 12.3. The van der Waals surface area contributed by atoms with E-state index in [4.69, 9.17) is 28.8 Å². The molecule has 0 spiro atoms. The fourth-order valence-corrected chi connectivity index (χ4v) is 7.54. The Labute approximate surface area is 296 Å². The van der Waals surface area contributed by atoms with Crippen LogP contribution < -0.4 is 0 Å². The summed E-state index contributed by atoms with van der Waals surface area (Å²) in [6, 6.07) is 51.7. The van der Waals surface area contributed by atoms with E-state index in [2.05, 4.69) is 72.8 Å². The van der Waals surface area contributed by atoms with Crippen LogP contribution in [0.25, 0.3) is 111 Å². The van der Waals surface area contributed by atoms with Crippen LogP contribution in [0.2, 0.25) is 0 Å². The van der Waals surface area contributed by atoms with Gasteiger partial charge in [0.25, 0.3) is 0 Å². The lowest BCUT2D eigenvalue weighted by atomic mass is 9.97. The minimum Gasteiger partial charge on any atom is -0.456 e. The van der Waals surface area contributed by atoms with Crippen molar-refractivity contribution in [3.8, 4) is 45.3 Å². The molecule has 0 amide bonds. The molecule has 242 valence electrons. The molecule has 0 bridgehead atoms. The average molecular weight is 667 g/mol. The highest BCUT2D eigenvalue weighted by atomic mass is 16.3. The molecule has 4 aromatic heterocycles. The first-order valence-corrected chi connectivity index (χ1v) is 17.2. The number of aromatic nitrogens is 4. The molecule has 4 heterocycles. The normalized spacial score (nSPS) is 11.8. The summed E-state index contributed by atoms with van der Waals surface area (Å²) in [7, 11) is 0. The Morgan fingerprint density at radius 2 is 0.981 bits per heavy atom. The molecule has 11 aromatic rings. The molecule has 0 fully saturated rings. The van der Waals surface area contributed by atoms with Crippen molar-refractivity contribution in [3.63, 3.8) is 0 Å². The van der Waals surface area contributed by atoms with Gasteiger partial charge in [-0.15, -0.1) is 0 Å². The van der Waals surface area contributed by atoms with Gasteiger partial charge in [0.1, 0.15) is 16.7 Å². The van der Waals surface area contributed by atoms with Crippen LogP contribution in [0.1, 0.15) is 0 Å². The van der Waals surface area contributed by atoms with Gasteiger partial charge in [-0.2, -0.15) is 0 Å². The van der Waals surface area contributed by atoms with Crippen molar-refractivity contribution in [2.75, 3.05) is 0 Å². The van der Waals surface area contributed by atoms with E-state index in [0.29, 0.717) is 17.5 Å². The maximum atomic E-state index is 6.23. The zero-order chi connectivity index (χ0) is 34.2.